The summed E-state index contributed by atoms with van der Waals surface area (Å²) >= 11 is 0. The quantitative estimate of drug-likeness (QED) is 0.404. The van der Waals surface area contributed by atoms with E-state index in [0.717, 1.165) is 18.0 Å². The molecule has 10 heteroatoms. The van der Waals surface area contributed by atoms with Gasteiger partial charge in [0.25, 0.3) is 0 Å². The van der Waals surface area contributed by atoms with Crippen molar-refractivity contribution in [2.24, 2.45) is 11.8 Å². The van der Waals surface area contributed by atoms with Gasteiger partial charge in [-0.05, 0) is 57.7 Å². The minimum absolute atomic E-state index is 0.306. The number of aromatic nitrogens is 7. The second-order valence-corrected chi connectivity index (χ2v) is 9.58. The number of piperidine rings is 3. The fourth-order valence-electron chi connectivity index (χ4n) is 5.52. The number of hydrogen-bond acceptors (Lipinski definition) is 7. The van der Waals surface area contributed by atoms with Crippen molar-refractivity contribution in [2.45, 2.75) is 39.8 Å². The van der Waals surface area contributed by atoms with Crippen LogP contribution < -0.4 is 4.74 Å². The summed E-state index contributed by atoms with van der Waals surface area (Å²) in [5, 5.41) is 4.67. The number of hydrogen-bond donors (Lipinski definition) is 0. The van der Waals surface area contributed by atoms with Gasteiger partial charge in [0.15, 0.2) is 5.65 Å². The third-order valence-electron chi connectivity index (χ3n) is 7.23. The van der Waals surface area contributed by atoms with Crippen molar-refractivity contribution in [1.29, 1.82) is 0 Å². The third-order valence-corrected chi connectivity index (χ3v) is 7.23. The van der Waals surface area contributed by atoms with E-state index in [1.807, 2.05) is 24.6 Å². The van der Waals surface area contributed by atoms with Crippen molar-refractivity contribution in [3.8, 4) is 17.4 Å². The van der Waals surface area contributed by atoms with Crippen molar-refractivity contribution in [3.05, 3.63) is 47.9 Å². The number of nitrogens with zero attached hydrogens (tertiary/aromatic N) is 8. The van der Waals surface area contributed by atoms with Gasteiger partial charge in [0, 0.05) is 36.6 Å². The second kappa shape index (κ2) is 8.99. The van der Waals surface area contributed by atoms with Crippen LogP contribution in [-0.4, -0.2) is 65.4 Å². The average molecular weight is 477 g/mol. The topological polar surface area (TPSA) is 86.8 Å². The fraction of sp³-hybridized carbons (Fsp3) is 0.480. The van der Waals surface area contributed by atoms with Crippen LogP contribution in [0.1, 0.15) is 31.0 Å². The molecule has 4 aromatic heterocycles. The zero-order valence-corrected chi connectivity index (χ0v) is 20.1. The Balaban J connectivity index is 1.35. The van der Waals surface area contributed by atoms with Gasteiger partial charge < -0.3 is 14.2 Å². The predicted molar refractivity (Wildman–Crippen MR) is 128 cm³/mol. The van der Waals surface area contributed by atoms with E-state index < -0.39 is 5.82 Å². The summed E-state index contributed by atoms with van der Waals surface area (Å²) < 4.78 is 23.7. The molecular weight excluding hydrogens is 447 g/mol. The van der Waals surface area contributed by atoms with E-state index in [4.69, 9.17) is 9.72 Å². The van der Waals surface area contributed by atoms with Crippen LogP contribution in [-0.2, 0) is 13.1 Å². The molecule has 182 valence electrons. The fourth-order valence-corrected chi connectivity index (χ4v) is 5.52. The van der Waals surface area contributed by atoms with Gasteiger partial charge in [-0.2, -0.15) is 15.1 Å². The molecule has 2 bridgehead atoms. The normalized spacial score (nSPS) is 21.6. The summed E-state index contributed by atoms with van der Waals surface area (Å²) in [4.78, 5) is 20.5. The summed E-state index contributed by atoms with van der Waals surface area (Å²) in [7, 11) is 0. The van der Waals surface area contributed by atoms with Crippen molar-refractivity contribution in [1.82, 2.24) is 39.2 Å². The smallest absolute Gasteiger partial charge is 0.318 e. The lowest BCUT2D eigenvalue weighted by molar-refractivity contribution is 0.0405. The summed E-state index contributed by atoms with van der Waals surface area (Å²) in [6.45, 7) is 9.30. The van der Waals surface area contributed by atoms with Gasteiger partial charge in [-0.15, -0.1) is 0 Å². The molecule has 0 aliphatic carbocycles. The second-order valence-electron chi connectivity index (χ2n) is 9.58. The highest BCUT2D eigenvalue weighted by atomic mass is 19.1. The Kier molecular flexibility index (Phi) is 5.68. The summed E-state index contributed by atoms with van der Waals surface area (Å²) in [6, 6.07) is 1.74. The molecule has 4 aromatic rings. The first-order valence-corrected chi connectivity index (χ1v) is 12.3. The van der Waals surface area contributed by atoms with E-state index in [0.29, 0.717) is 53.3 Å². The largest absolute Gasteiger partial charge is 0.464 e. The first kappa shape index (κ1) is 22.1. The van der Waals surface area contributed by atoms with E-state index in [-0.39, 0.29) is 0 Å². The maximum absolute atomic E-state index is 14.0. The van der Waals surface area contributed by atoms with E-state index in [9.17, 15) is 4.39 Å². The van der Waals surface area contributed by atoms with Gasteiger partial charge in [0.2, 0.25) is 0 Å². The van der Waals surface area contributed by atoms with Gasteiger partial charge in [-0.3, -0.25) is 9.67 Å². The van der Waals surface area contributed by atoms with E-state index in [1.54, 1.807) is 6.20 Å². The van der Waals surface area contributed by atoms with Crippen molar-refractivity contribution in [2.75, 3.05) is 26.2 Å². The van der Waals surface area contributed by atoms with Crippen LogP contribution in [0.4, 0.5) is 4.39 Å². The highest BCUT2D eigenvalue weighted by Gasteiger charge is 2.34. The minimum Gasteiger partial charge on any atom is -0.464 e. The van der Waals surface area contributed by atoms with Gasteiger partial charge in [-0.25, -0.2) is 9.37 Å². The lowest BCUT2D eigenvalue weighted by Gasteiger charge is -2.44. The Labute approximate surface area is 203 Å². The van der Waals surface area contributed by atoms with Gasteiger partial charge in [-0.1, -0.05) is 0 Å². The molecule has 0 radical (unpaired) electrons. The number of halogens is 1. The molecular formula is C25H29FN8O. The lowest BCUT2D eigenvalue weighted by Crippen LogP contribution is -2.48. The molecule has 1 unspecified atom stereocenters. The molecule has 7 rings (SSSR count). The van der Waals surface area contributed by atoms with Gasteiger partial charge >= 0.3 is 6.01 Å². The Morgan fingerprint density at radius 2 is 1.97 bits per heavy atom. The first-order valence-electron chi connectivity index (χ1n) is 12.3. The predicted octanol–water partition coefficient (Wildman–Crippen LogP) is 3.32. The van der Waals surface area contributed by atoms with Crippen molar-refractivity contribution < 1.29 is 9.13 Å². The molecule has 3 saturated heterocycles. The molecule has 1 atom stereocenters. The maximum atomic E-state index is 14.0. The van der Waals surface area contributed by atoms with Crippen LogP contribution in [0.3, 0.4) is 0 Å². The van der Waals surface area contributed by atoms with Crippen LogP contribution in [0.2, 0.25) is 0 Å². The molecule has 0 aromatic carbocycles. The minimum atomic E-state index is -0.413. The maximum Gasteiger partial charge on any atom is 0.318 e. The Morgan fingerprint density at radius 1 is 1.11 bits per heavy atom. The molecule has 0 spiro atoms. The Bertz CT molecular complexity index is 1360. The number of pyridine rings is 1. The third kappa shape index (κ3) is 4.27. The molecule has 7 heterocycles. The van der Waals surface area contributed by atoms with Crippen LogP contribution in [0.25, 0.3) is 22.6 Å². The zero-order chi connectivity index (χ0) is 23.9. The van der Waals surface area contributed by atoms with E-state index >= 15 is 0 Å². The number of rotatable bonds is 7. The molecule has 3 aliphatic rings. The van der Waals surface area contributed by atoms with Crippen molar-refractivity contribution in [3.63, 3.8) is 0 Å². The van der Waals surface area contributed by atoms with E-state index in [1.165, 1.54) is 44.7 Å². The molecule has 0 amide bonds. The highest BCUT2D eigenvalue weighted by molar-refractivity contribution is 5.79. The number of ether oxygens (including phenoxy) is 1. The van der Waals surface area contributed by atoms with Crippen LogP contribution >= 0.6 is 0 Å². The molecule has 9 nitrogen and oxygen atoms in total. The first-order chi connectivity index (χ1) is 17.1. The Hall–Kier alpha value is -3.40. The molecule has 0 saturated carbocycles. The standard InChI is InChI=1S/C25H29FN8O/c1-3-35-25-29-16(2)22-24(31-25)34(23(30-22)19-8-21(26)11-27-10-19)13-17-9-28-33(12-17)15-20-14-32-6-4-18(20)5-7-32/h8-12,18,20H,3-7,13-15H2,1-2H3. The lowest BCUT2D eigenvalue weighted by atomic mass is 9.79. The highest BCUT2D eigenvalue weighted by Crippen LogP contribution is 2.33. The van der Waals surface area contributed by atoms with Gasteiger partial charge in [0.1, 0.15) is 17.2 Å². The summed E-state index contributed by atoms with van der Waals surface area (Å²) in [5.41, 5.74) is 3.63. The molecule has 35 heavy (non-hydrogen) atoms. The molecule has 3 fully saturated rings. The number of aryl methyl sites for hydroxylation is 1. The summed E-state index contributed by atoms with van der Waals surface area (Å²) in [5.74, 6) is 1.62. The zero-order valence-electron chi connectivity index (χ0n) is 20.1. The van der Waals surface area contributed by atoms with Crippen LogP contribution in [0.5, 0.6) is 6.01 Å². The van der Waals surface area contributed by atoms with Crippen LogP contribution in [0, 0.1) is 24.6 Å². The number of imidazole rings is 1. The molecule has 0 N–H and O–H groups in total. The Morgan fingerprint density at radius 3 is 2.71 bits per heavy atom. The average Bonchev–Trinajstić information content (AvgIpc) is 3.45. The van der Waals surface area contributed by atoms with Gasteiger partial charge in [0.05, 0.1) is 31.2 Å². The SMILES string of the molecule is CCOc1nc(C)c2nc(-c3cncc(F)c3)n(Cc3cnn(CC4CN5CCC4CC5)c3)c2n1. The van der Waals surface area contributed by atoms with Crippen molar-refractivity contribution >= 4 is 11.2 Å². The van der Waals surface area contributed by atoms with Crippen LogP contribution in [0.15, 0.2) is 30.9 Å². The number of fused-ring (bicyclic) bond motifs is 4. The monoisotopic (exact) mass is 476 g/mol. The summed E-state index contributed by atoms with van der Waals surface area (Å²) in [6.07, 6.45) is 9.40. The molecule has 3 aliphatic heterocycles. The van der Waals surface area contributed by atoms with E-state index in [2.05, 4.69) is 35.8 Å².